The minimum absolute atomic E-state index is 0.596. The van der Waals surface area contributed by atoms with Gasteiger partial charge in [-0.25, -0.2) is 0 Å². The Morgan fingerprint density at radius 1 is 1.35 bits per heavy atom. The molecule has 0 aliphatic heterocycles. The Hall–Kier alpha value is -1.02. The summed E-state index contributed by atoms with van der Waals surface area (Å²) in [6.45, 7) is 7.62. The maximum absolute atomic E-state index is 3.25. The van der Waals surface area contributed by atoms with Crippen molar-refractivity contribution in [3.63, 3.8) is 0 Å². The number of aryl methyl sites for hydroxylation is 1. The zero-order chi connectivity index (χ0) is 12.8. The molecule has 2 nitrogen and oxygen atoms in total. The summed E-state index contributed by atoms with van der Waals surface area (Å²) in [6.07, 6.45) is 2.47. The molecule has 1 atom stereocenters. The molecule has 0 spiro atoms. The Balaban J connectivity index is 2.94. The molecule has 17 heavy (non-hydrogen) atoms. The first kappa shape index (κ1) is 14.0. The first-order valence-electron chi connectivity index (χ1n) is 6.57. The normalized spacial score (nSPS) is 12.5. The third-order valence-corrected chi connectivity index (χ3v) is 3.35. The van der Waals surface area contributed by atoms with Crippen molar-refractivity contribution in [1.29, 1.82) is 0 Å². The summed E-state index contributed by atoms with van der Waals surface area (Å²) in [4.78, 5) is 2.40. The lowest BCUT2D eigenvalue weighted by Crippen LogP contribution is -2.30. The summed E-state index contributed by atoms with van der Waals surface area (Å²) in [6, 6.07) is 7.32. The van der Waals surface area contributed by atoms with E-state index in [4.69, 9.17) is 0 Å². The lowest BCUT2D eigenvalue weighted by atomic mass is 10.1. The Bertz CT molecular complexity index is 347. The molecule has 96 valence electrons. The summed E-state index contributed by atoms with van der Waals surface area (Å²) < 4.78 is 0. The summed E-state index contributed by atoms with van der Waals surface area (Å²) in [5.74, 6) is 0. The van der Waals surface area contributed by atoms with Gasteiger partial charge < -0.3 is 10.2 Å². The third kappa shape index (κ3) is 3.74. The molecule has 1 aromatic carbocycles. The molecular weight excluding hydrogens is 208 g/mol. The number of nitrogens with one attached hydrogen (secondary N) is 1. The molecule has 2 heteroatoms. The van der Waals surface area contributed by atoms with Gasteiger partial charge in [0.05, 0.1) is 0 Å². The van der Waals surface area contributed by atoms with Crippen LogP contribution in [-0.2, 0) is 6.54 Å². The predicted octanol–water partition coefficient (Wildman–Crippen LogP) is 3.34. The van der Waals surface area contributed by atoms with Gasteiger partial charge in [-0.2, -0.15) is 0 Å². The second kappa shape index (κ2) is 6.65. The highest BCUT2D eigenvalue weighted by molar-refractivity contribution is 5.55. The maximum Gasteiger partial charge on any atom is 0.0411 e. The molecule has 0 bridgehead atoms. The van der Waals surface area contributed by atoms with Gasteiger partial charge in [-0.15, -0.1) is 0 Å². The molecule has 0 amide bonds. The first-order valence-corrected chi connectivity index (χ1v) is 6.57. The molecule has 0 aliphatic rings. The first-order chi connectivity index (χ1) is 8.10. The van der Waals surface area contributed by atoms with Gasteiger partial charge in [-0.3, -0.25) is 0 Å². The fraction of sp³-hybridized carbons (Fsp3) is 0.600. The van der Waals surface area contributed by atoms with Gasteiger partial charge in [0.15, 0.2) is 0 Å². The van der Waals surface area contributed by atoms with Gasteiger partial charge in [0.2, 0.25) is 0 Å². The van der Waals surface area contributed by atoms with E-state index in [-0.39, 0.29) is 0 Å². The highest BCUT2D eigenvalue weighted by Gasteiger charge is 2.12. The van der Waals surface area contributed by atoms with E-state index in [0.717, 1.165) is 6.54 Å². The highest BCUT2D eigenvalue weighted by Crippen LogP contribution is 2.23. The average Bonchev–Trinajstić information content (AvgIpc) is 2.29. The fourth-order valence-corrected chi connectivity index (χ4v) is 2.24. The molecule has 0 heterocycles. The Morgan fingerprint density at radius 3 is 2.65 bits per heavy atom. The zero-order valence-corrected chi connectivity index (χ0v) is 11.9. The minimum Gasteiger partial charge on any atom is -0.372 e. The molecule has 1 N–H and O–H groups in total. The van der Waals surface area contributed by atoms with Crippen LogP contribution in [0, 0.1) is 6.92 Å². The molecular formula is C15H26N2. The van der Waals surface area contributed by atoms with Crippen LogP contribution in [0.2, 0.25) is 0 Å². The SMILES string of the molecule is CCCC(C)N(C)c1ccc(C)cc1CNC. The summed E-state index contributed by atoms with van der Waals surface area (Å²) >= 11 is 0. The van der Waals surface area contributed by atoms with Gasteiger partial charge in [-0.1, -0.05) is 31.0 Å². The summed E-state index contributed by atoms with van der Waals surface area (Å²) in [5, 5.41) is 3.25. The van der Waals surface area contributed by atoms with Crippen molar-refractivity contribution >= 4 is 5.69 Å². The van der Waals surface area contributed by atoms with E-state index < -0.39 is 0 Å². The van der Waals surface area contributed by atoms with Gasteiger partial charge >= 0.3 is 0 Å². The Labute approximate surface area is 106 Å². The van der Waals surface area contributed by atoms with Gasteiger partial charge in [0, 0.05) is 25.3 Å². The quantitative estimate of drug-likeness (QED) is 0.812. The smallest absolute Gasteiger partial charge is 0.0411 e. The number of anilines is 1. The Morgan fingerprint density at radius 2 is 2.06 bits per heavy atom. The van der Waals surface area contributed by atoms with Crippen molar-refractivity contribution in [1.82, 2.24) is 5.32 Å². The van der Waals surface area contributed by atoms with Crippen molar-refractivity contribution < 1.29 is 0 Å². The summed E-state index contributed by atoms with van der Waals surface area (Å²) in [5.41, 5.74) is 4.07. The molecule has 0 aromatic heterocycles. The monoisotopic (exact) mass is 234 g/mol. The van der Waals surface area contributed by atoms with Gasteiger partial charge in [0.25, 0.3) is 0 Å². The third-order valence-electron chi connectivity index (χ3n) is 3.35. The molecule has 0 radical (unpaired) electrons. The minimum atomic E-state index is 0.596. The van der Waals surface area contributed by atoms with E-state index in [1.54, 1.807) is 0 Å². The number of benzene rings is 1. The molecule has 1 aromatic rings. The van der Waals surface area contributed by atoms with Crippen molar-refractivity contribution in [3.05, 3.63) is 29.3 Å². The van der Waals surface area contributed by atoms with Crippen LogP contribution in [0.4, 0.5) is 5.69 Å². The second-order valence-electron chi connectivity index (χ2n) is 4.91. The van der Waals surface area contributed by atoms with Crippen LogP contribution < -0.4 is 10.2 Å². The van der Waals surface area contributed by atoms with Gasteiger partial charge in [0.1, 0.15) is 0 Å². The summed E-state index contributed by atoms with van der Waals surface area (Å²) in [7, 11) is 4.20. The van der Waals surface area contributed by atoms with Crippen molar-refractivity contribution in [2.45, 2.75) is 46.2 Å². The van der Waals surface area contributed by atoms with Crippen LogP contribution in [0.15, 0.2) is 18.2 Å². The fourth-order valence-electron chi connectivity index (χ4n) is 2.24. The standard InChI is InChI=1S/C15H26N2/c1-6-7-13(3)17(5)15-9-8-12(2)10-14(15)11-16-4/h8-10,13,16H,6-7,11H2,1-5H3. The number of rotatable bonds is 6. The Kier molecular flexibility index (Phi) is 5.49. The highest BCUT2D eigenvalue weighted by atomic mass is 15.1. The maximum atomic E-state index is 3.25. The molecule has 1 unspecified atom stereocenters. The van der Waals surface area contributed by atoms with Crippen LogP contribution in [0.1, 0.15) is 37.8 Å². The van der Waals surface area contributed by atoms with Crippen LogP contribution >= 0.6 is 0 Å². The van der Waals surface area contributed by atoms with E-state index in [0.29, 0.717) is 6.04 Å². The zero-order valence-electron chi connectivity index (χ0n) is 11.9. The van der Waals surface area contributed by atoms with Crippen LogP contribution in [0.25, 0.3) is 0 Å². The molecule has 0 fully saturated rings. The predicted molar refractivity (Wildman–Crippen MR) is 76.7 cm³/mol. The topological polar surface area (TPSA) is 15.3 Å². The van der Waals surface area contributed by atoms with Crippen LogP contribution in [0.3, 0.4) is 0 Å². The van der Waals surface area contributed by atoms with E-state index in [1.807, 2.05) is 7.05 Å². The second-order valence-corrected chi connectivity index (χ2v) is 4.91. The number of hydrogen-bond donors (Lipinski definition) is 1. The average molecular weight is 234 g/mol. The molecule has 0 saturated carbocycles. The van der Waals surface area contributed by atoms with E-state index in [9.17, 15) is 0 Å². The van der Waals surface area contributed by atoms with E-state index in [2.05, 4.69) is 56.2 Å². The largest absolute Gasteiger partial charge is 0.372 e. The van der Waals surface area contributed by atoms with Gasteiger partial charge in [-0.05, 0) is 38.9 Å². The van der Waals surface area contributed by atoms with Crippen LogP contribution in [0.5, 0.6) is 0 Å². The number of nitrogens with zero attached hydrogens (tertiary/aromatic N) is 1. The lowest BCUT2D eigenvalue weighted by molar-refractivity contribution is 0.613. The molecule has 0 aliphatic carbocycles. The lowest BCUT2D eigenvalue weighted by Gasteiger charge is -2.29. The van der Waals surface area contributed by atoms with Crippen LogP contribution in [-0.4, -0.2) is 20.1 Å². The van der Waals surface area contributed by atoms with Crippen molar-refractivity contribution in [3.8, 4) is 0 Å². The van der Waals surface area contributed by atoms with Crippen molar-refractivity contribution in [2.24, 2.45) is 0 Å². The number of hydrogen-bond acceptors (Lipinski definition) is 2. The molecule has 1 rings (SSSR count). The van der Waals surface area contributed by atoms with E-state index in [1.165, 1.54) is 29.7 Å². The van der Waals surface area contributed by atoms with E-state index >= 15 is 0 Å². The van der Waals surface area contributed by atoms with Crippen molar-refractivity contribution in [2.75, 3.05) is 19.0 Å². The molecule has 0 saturated heterocycles.